The van der Waals surface area contributed by atoms with Gasteiger partial charge < -0.3 is 4.24 Å². The molecule has 0 saturated carbocycles. The number of benzene rings is 1. The summed E-state index contributed by atoms with van der Waals surface area (Å²) in [6.07, 6.45) is 0. The molecule has 1 aromatic carbocycles. The Hall–Kier alpha value is 0.820. The van der Waals surface area contributed by atoms with Crippen LogP contribution in [0.15, 0.2) is 35.2 Å². The zero-order valence-electron chi connectivity index (χ0n) is 5.62. The summed E-state index contributed by atoms with van der Waals surface area (Å²) in [5, 5.41) is 0. The Morgan fingerprint density at radius 1 is 1.20 bits per heavy atom. The van der Waals surface area contributed by atoms with Gasteiger partial charge in [-0.2, -0.15) is 0 Å². The molecule has 0 aliphatic carbocycles. The van der Waals surface area contributed by atoms with Gasteiger partial charge in [0.05, 0.1) is 0 Å². The van der Waals surface area contributed by atoms with Crippen molar-refractivity contribution in [2.75, 3.05) is 0 Å². The van der Waals surface area contributed by atoms with Crippen LogP contribution in [-0.2, 0) is 0 Å². The molecule has 1 rings (SSSR count). The van der Waals surface area contributed by atoms with Crippen molar-refractivity contribution in [2.24, 2.45) is 0 Å². The van der Waals surface area contributed by atoms with Crippen LogP contribution in [0.2, 0.25) is 0 Å². The molecule has 0 atom stereocenters. The van der Waals surface area contributed by atoms with Crippen LogP contribution in [0.5, 0.6) is 0 Å². The minimum Gasteiger partial charge on any atom is -0.515 e. The second kappa shape index (κ2) is 6.53. The number of hydrogen-bond donors (Lipinski definition) is 0. The van der Waals surface area contributed by atoms with Crippen LogP contribution in [0.4, 0.5) is 0 Å². The number of nitrogens with zero attached hydrogens (tertiary/aromatic N) is 1. The predicted octanol–water partition coefficient (Wildman–Crippen LogP) is 0.225. The fraction of sp³-hybridized carbons (Fsp3) is 0. The first-order chi connectivity index (χ1) is 4.43. The molecule has 48 valence electrons. The maximum Gasteiger partial charge on any atom is 1.00 e. The van der Waals surface area contributed by atoms with Crippen molar-refractivity contribution in [3.8, 4) is 0 Å². The van der Waals surface area contributed by atoms with Gasteiger partial charge in [0.15, 0.2) is 0 Å². The third-order valence-corrected chi connectivity index (χ3v) is 1.64. The number of halogens is 1. The molecule has 0 unspecified atom stereocenters. The molecule has 0 N–H and O–H groups in total. The van der Waals surface area contributed by atoms with Crippen LogP contribution in [0.25, 0.3) is 4.24 Å². The van der Waals surface area contributed by atoms with Crippen LogP contribution in [0.3, 0.4) is 0 Å². The molecule has 0 bridgehead atoms. The standard InChI is InChI=1S/C6H5ClNS.Na/c7-8-9-6-4-2-1-3-5-6;/h1-5H;/q-1;+1. The van der Waals surface area contributed by atoms with E-state index in [2.05, 4.69) is 4.24 Å². The molecule has 0 amide bonds. The largest absolute Gasteiger partial charge is 1.00 e. The Balaban J connectivity index is 0.000000810. The van der Waals surface area contributed by atoms with Gasteiger partial charge in [0, 0.05) is 0 Å². The van der Waals surface area contributed by atoms with Gasteiger partial charge in [-0.05, 0) is 4.90 Å². The zero-order valence-corrected chi connectivity index (χ0v) is 9.19. The summed E-state index contributed by atoms with van der Waals surface area (Å²) in [5.74, 6) is 0. The Morgan fingerprint density at radius 2 is 1.80 bits per heavy atom. The molecule has 0 aliphatic heterocycles. The molecular formula is C6H5ClNNaS. The minimum absolute atomic E-state index is 0. The van der Waals surface area contributed by atoms with Crippen LogP contribution in [0, 0.1) is 0 Å². The molecule has 0 aliphatic rings. The van der Waals surface area contributed by atoms with Gasteiger partial charge in [0.1, 0.15) is 0 Å². The first kappa shape index (κ1) is 10.8. The van der Waals surface area contributed by atoms with E-state index in [-0.39, 0.29) is 29.6 Å². The summed E-state index contributed by atoms with van der Waals surface area (Å²) in [6.45, 7) is 0. The summed E-state index contributed by atoms with van der Waals surface area (Å²) in [6, 6.07) is 9.76. The van der Waals surface area contributed by atoms with Gasteiger partial charge in [-0.3, -0.25) is 11.8 Å². The van der Waals surface area contributed by atoms with E-state index in [9.17, 15) is 0 Å². The smallest absolute Gasteiger partial charge is 0.515 e. The van der Waals surface area contributed by atoms with Crippen molar-refractivity contribution in [3.05, 3.63) is 34.6 Å². The van der Waals surface area contributed by atoms with E-state index in [1.165, 1.54) is 11.9 Å². The second-order valence-electron chi connectivity index (χ2n) is 1.47. The van der Waals surface area contributed by atoms with Crippen molar-refractivity contribution in [2.45, 2.75) is 4.90 Å². The minimum atomic E-state index is 0. The fourth-order valence-electron chi connectivity index (χ4n) is 0.521. The molecule has 0 saturated heterocycles. The predicted molar refractivity (Wildman–Crippen MR) is 41.5 cm³/mol. The van der Waals surface area contributed by atoms with Crippen LogP contribution in [0.1, 0.15) is 0 Å². The van der Waals surface area contributed by atoms with E-state index in [0.717, 1.165) is 4.90 Å². The van der Waals surface area contributed by atoms with Crippen molar-refractivity contribution in [3.63, 3.8) is 0 Å². The summed E-state index contributed by atoms with van der Waals surface area (Å²) in [7, 11) is 0. The third kappa shape index (κ3) is 3.86. The van der Waals surface area contributed by atoms with Crippen LogP contribution < -0.4 is 29.6 Å². The Labute approximate surface area is 92.1 Å². The second-order valence-corrected chi connectivity index (χ2v) is 2.68. The average molecular weight is 182 g/mol. The first-order valence-electron chi connectivity index (χ1n) is 2.47. The summed E-state index contributed by atoms with van der Waals surface area (Å²) < 4.78 is 3.39. The van der Waals surface area contributed by atoms with Crippen molar-refractivity contribution in [1.29, 1.82) is 0 Å². The van der Waals surface area contributed by atoms with Gasteiger partial charge in [-0.25, -0.2) is 11.9 Å². The Bertz CT molecular complexity index is 171. The van der Waals surface area contributed by atoms with E-state index in [1.54, 1.807) is 0 Å². The maximum atomic E-state index is 5.12. The number of hydrogen-bond acceptors (Lipinski definition) is 1. The van der Waals surface area contributed by atoms with E-state index >= 15 is 0 Å². The van der Waals surface area contributed by atoms with E-state index in [4.69, 9.17) is 11.8 Å². The van der Waals surface area contributed by atoms with Crippen molar-refractivity contribution < 1.29 is 29.6 Å². The molecule has 10 heavy (non-hydrogen) atoms. The molecule has 0 spiro atoms. The molecular weight excluding hydrogens is 177 g/mol. The van der Waals surface area contributed by atoms with Gasteiger partial charge in [-0.1, -0.05) is 30.3 Å². The van der Waals surface area contributed by atoms with Crippen molar-refractivity contribution in [1.82, 2.24) is 0 Å². The summed E-state index contributed by atoms with van der Waals surface area (Å²) in [5.41, 5.74) is 0. The van der Waals surface area contributed by atoms with Gasteiger partial charge in [0.25, 0.3) is 0 Å². The quantitative estimate of drug-likeness (QED) is 0.471. The fourth-order valence-corrected chi connectivity index (χ4v) is 1.12. The Kier molecular flexibility index (Phi) is 7.06. The molecule has 0 radical (unpaired) electrons. The van der Waals surface area contributed by atoms with Gasteiger partial charge >= 0.3 is 29.6 Å². The van der Waals surface area contributed by atoms with E-state index in [1.807, 2.05) is 30.3 Å². The van der Waals surface area contributed by atoms with Gasteiger partial charge in [0.2, 0.25) is 0 Å². The monoisotopic (exact) mass is 181 g/mol. The maximum absolute atomic E-state index is 5.12. The Morgan fingerprint density at radius 3 is 2.30 bits per heavy atom. The summed E-state index contributed by atoms with van der Waals surface area (Å²) >= 11 is 6.39. The SMILES string of the molecule is Cl[N-]Sc1ccccc1.[Na+]. The normalized spacial score (nSPS) is 8.50. The molecule has 0 aromatic heterocycles. The molecule has 0 fully saturated rings. The van der Waals surface area contributed by atoms with Crippen molar-refractivity contribution >= 4 is 23.7 Å². The van der Waals surface area contributed by atoms with Gasteiger partial charge in [-0.15, -0.1) is 0 Å². The first-order valence-corrected chi connectivity index (χ1v) is 3.58. The van der Waals surface area contributed by atoms with Crippen LogP contribution >= 0.6 is 23.7 Å². The van der Waals surface area contributed by atoms with Crippen LogP contribution in [-0.4, -0.2) is 0 Å². The van der Waals surface area contributed by atoms with E-state index < -0.39 is 0 Å². The molecule has 1 aromatic rings. The molecule has 1 nitrogen and oxygen atoms in total. The summed E-state index contributed by atoms with van der Waals surface area (Å²) in [4.78, 5) is 1.06. The van der Waals surface area contributed by atoms with E-state index in [0.29, 0.717) is 0 Å². The molecule has 0 heterocycles. The molecule has 4 heteroatoms. The zero-order chi connectivity index (χ0) is 6.53. The third-order valence-electron chi connectivity index (χ3n) is 0.883. The average Bonchev–Trinajstić information content (AvgIpc) is 1.91. The number of rotatable bonds is 2. The topological polar surface area (TPSA) is 14.1 Å².